The lowest BCUT2D eigenvalue weighted by Crippen LogP contribution is -2.24. The van der Waals surface area contributed by atoms with Gasteiger partial charge in [-0.25, -0.2) is 4.39 Å². The third-order valence-electron chi connectivity index (χ3n) is 4.00. The Morgan fingerprint density at radius 1 is 1.41 bits per heavy atom. The van der Waals surface area contributed by atoms with Crippen LogP contribution in [0.25, 0.3) is 0 Å². The number of amides is 1. The maximum absolute atomic E-state index is 13.2. The summed E-state index contributed by atoms with van der Waals surface area (Å²) >= 11 is 7.31. The first-order valence-corrected chi connectivity index (χ1v) is 10.3. The minimum Gasteiger partial charge on any atom is -0.481 e. The molecule has 0 saturated carbocycles. The predicted molar refractivity (Wildman–Crippen MR) is 107 cm³/mol. The van der Waals surface area contributed by atoms with E-state index in [4.69, 9.17) is 20.8 Å². The zero-order valence-corrected chi connectivity index (χ0v) is 17.5. The van der Waals surface area contributed by atoms with E-state index in [0.29, 0.717) is 35.6 Å². The highest BCUT2D eigenvalue weighted by Crippen LogP contribution is 2.30. The number of nitrogens with one attached hydrogen (secondary N) is 1. The highest BCUT2D eigenvalue weighted by Gasteiger charge is 2.20. The van der Waals surface area contributed by atoms with Gasteiger partial charge in [-0.2, -0.15) is 0 Å². The van der Waals surface area contributed by atoms with Crippen LogP contribution in [0.2, 0.25) is 5.02 Å². The van der Waals surface area contributed by atoms with Crippen LogP contribution in [0.3, 0.4) is 0 Å². The average Bonchev–Trinajstić information content (AvgIpc) is 3.36. The summed E-state index contributed by atoms with van der Waals surface area (Å²) in [5, 5.41) is 11.9. The molecule has 7 nitrogen and oxygen atoms in total. The van der Waals surface area contributed by atoms with E-state index in [1.54, 1.807) is 25.3 Å². The maximum Gasteiger partial charge on any atom is 0.230 e. The van der Waals surface area contributed by atoms with Gasteiger partial charge in [-0.3, -0.25) is 4.79 Å². The normalized spacial score (nSPS) is 12.0. The minimum absolute atomic E-state index is 0.138. The topological polar surface area (TPSA) is 82.2 Å². The summed E-state index contributed by atoms with van der Waals surface area (Å²) < 4.78 is 26.1. The van der Waals surface area contributed by atoms with Crippen molar-refractivity contribution in [3.8, 4) is 5.75 Å². The van der Waals surface area contributed by atoms with Crippen LogP contribution < -0.4 is 10.1 Å². The minimum atomic E-state index is -0.465. The van der Waals surface area contributed by atoms with Crippen molar-refractivity contribution in [2.45, 2.75) is 38.2 Å². The van der Waals surface area contributed by atoms with Crippen LogP contribution in [-0.4, -0.2) is 26.4 Å². The van der Waals surface area contributed by atoms with Crippen LogP contribution in [0.4, 0.5) is 4.39 Å². The fourth-order valence-corrected chi connectivity index (χ4v) is 3.65. The highest BCUT2D eigenvalue weighted by molar-refractivity contribution is 7.99. The van der Waals surface area contributed by atoms with Crippen LogP contribution in [0.15, 0.2) is 46.2 Å². The molecule has 1 amide bonds. The smallest absolute Gasteiger partial charge is 0.230 e. The molecule has 0 bridgehead atoms. The summed E-state index contributed by atoms with van der Waals surface area (Å²) in [6.45, 7) is 4.69. The van der Waals surface area contributed by atoms with E-state index >= 15 is 0 Å². The van der Waals surface area contributed by atoms with Crippen molar-refractivity contribution < 1.29 is 18.3 Å². The van der Waals surface area contributed by atoms with Gasteiger partial charge in [0.15, 0.2) is 17.1 Å². The molecule has 2 heterocycles. The van der Waals surface area contributed by atoms with Crippen molar-refractivity contribution in [1.29, 1.82) is 0 Å². The maximum atomic E-state index is 13.2. The summed E-state index contributed by atoms with van der Waals surface area (Å²) in [5.41, 5.74) is 0. The molecule has 0 radical (unpaired) electrons. The molecule has 29 heavy (non-hydrogen) atoms. The summed E-state index contributed by atoms with van der Waals surface area (Å²) in [4.78, 5) is 12.1. The van der Waals surface area contributed by atoms with Crippen molar-refractivity contribution >= 4 is 29.3 Å². The van der Waals surface area contributed by atoms with Gasteiger partial charge in [0.05, 0.1) is 23.6 Å². The number of hydrogen-bond donors (Lipinski definition) is 1. The number of rotatable bonds is 9. The number of carbonyl (C=O) groups is 1. The standard InChI is InChI=1S/C19H20ClFN4O3S/c1-3-25-18(12(2)28-16-7-6-13(21)9-15(16)20)23-24-19(25)29-11-17(26)22-10-14-5-4-8-27-14/h4-9,12H,3,10-11H2,1-2H3,(H,22,26). The van der Waals surface area contributed by atoms with Gasteiger partial charge in [-0.15, -0.1) is 10.2 Å². The molecule has 0 fully saturated rings. The Labute approximate surface area is 176 Å². The quantitative estimate of drug-likeness (QED) is 0.503. The largest absolute Gasteiger partial charge is 0.481 e. The summed E-state index contributed by atoms with van der Waals surface area (Å²) in [6.07, 6.45) is 1.09. The first-order chi connectivity index (χ1) is 14.0. The lowest BCUT2D eigenvalue weighted by Gasteiger charge is -2.16. The summed E-state index contributed by atoms with van der Waals surface area (Å²) in [7, 11) is 0. The second-order valence-electron chi connectivity index (χ2n) is 6.06. The van der Waals surface area contributed by atoms with E-state index in [0.717, 1.165) is 0 Å². The first kappa shape index (κ1) is 21.2. The molecule has 1 atom stereocenters. The van der Waals surface area contributed by atoms with Crippen LogP contribution in [-0.2, 0) is 17.9 Å². The second-order valence-corrected chi connectivity index (χ2v) is 7.41. The van der Waals surface area contributed by atoms with Crippen molar-refractivity contribution in [2.75, 3.05) is 5.75 Å². The Kier molecular flexibility index (Phi) is 7.16. The van der Waals surface area contributed by atoms with E-state index in [1.165, 1.54) is 30.0 Å². The molecule has 1 aromatic carbocycles. The van der Waals surface area contributed by atoms with Crippen LogP contribution in [0.1, 0.15) is 31.5 Å². The Morgan fingerprint density at radius 2 is 2.24 bits per heavy atom. The number of hydrogen-bond acceptors (Lipinski definition) is 6. The van der Waals surface area contributed by atoms with Gasteiger partial charge in [0.2, 0.25) is 5.91 Å². The van der Waals surface area contributed by atoms with E-state index in [1.807, 2.05) is 11.5 Å². The van der Waals surface area contributed by atoms with Crippen LogP contribution in [0, 0.1) is 5.82 Å². The third kappa shape index (κ3) is 5.51. The zero-order chi connectivity index (χ0) is 20.8. The molecule has 3 rings (SSSR count). The first-order valence-electron chi connectivity index (χ1n) is 8.94. The Morgan fingerprint density at radius 3 is 2.93 bits per heavy atom. The van der Waals surface area contributed by atoms with Crippen molar-refractivity contribution in [2.24, 2.45) is 0 Å². The molecule has 1 unspecified atom stereocenters. The highest BCUT2D eigenvalue weighted by atomic mass is 35.5. The number of ether oxygens (including phenoxy) is 1. The Bertz CT molecular complexity index is 965. The number of carbonyl (C=O) groups excluding carboxylic acids is 1. The number of thioether (sulfide) groups is 1. The van der Waals surface area contributed by atoms with Gasteiger partial charge in [-0.1, -0.05) is 23.4 Å². The Balaban J connectivity index is 1.60. The number of halogens is 2. The lowest BCUT2D eigenvalue weighted by atomic mass is 10.3. The number of benzene rings is 1. The van der Waals surface area contributed by atoms with E-state index in [9.17, 15) is 9.18 Å². The van der Waals surface area contributed by atoms with Gasteiger partial charge in [-0.05, 0) is 44.2 Å². The number of nitrogens with zero attached hydrogens (tertiary/aromatic N) is 3. The fourth-order valence-electron chi connectivity index (χ4n) is 2.60. The summed E-state index contributed by atoms with van der Waals surface area (Å²) in [6, 6.07) is 7.50. The molecule has 10 heteroatoms. The van der Waals surface area contributed by atoms with Gasteiger partial charge in [0.1, 0.15) is 17.3 Å². The second kappa shape index (κ2) is 9.80. The van der Waals surface area contributed by atoms with Gasteiger partial charge < -0.3 is 19.0 Å². The van der Waals surface area contributed by atoms with Crippen molar-refractivity contribution in [3.05, 3.63) is 59.0 Å². The lowest BCUT2D eigenvalue weighted by molar-refractivity contribution is -0.118. The molecular weight excluding hydrogens is 419 g/mol. The monoisotopic (exact) mass is 438 g/mol. The van der Waals surface area contributed by atoms with Crippen LogP contribution >= 0.6 is 23.4 Å². The molecule has 0 aliphatic carbocycles. The molecule has 0 aliphatic rings. The molecule has 1 N–H and O–H groups in total. The van der Waals surface area contributed by atoms with Gasteiger partial charge in [0, 0.05) is 6.54 Å². The SMILES string of the molecule is CCn1c(SCC(=O)NCc2ccco2)nnc1C(C)Oc1ccc(F)cc1Cl. The molecule has 0 saturated heterocycles. The van der Waals surface area contributed by atoms with Gasteiger partial charge in [0.25, 0.3) is 0 Å². The molecule has 2 aromatic heterocycles. The average molecular weight is 439 g/mol. The van der Waals surface area contributed by atoms with Crippen LogP contribution in [0.5, 0.6) is 5.75 Å². The van der Waals surface area contributed by atoms with E-state index in [2.05, 4.69) is 15.5 Å². The van der Waals surface area contributed by atoms with E-state index in [-0.39, 0.29) is 16.7 Å². The fraction of sp³-hybridized carbons (Fsp3) is 0.316. The Hall–Kier alpha value is -2.52. The van der Waals surface area contributed by atoms with Gasteiger partial charge >= 0.3 is 0 Å². The number of aromatic nitrogens is 3. The zero-order valence-electron chi connectivity index (χ0n) is 15.9. The summed E-state index contributed by atoms with van der Waals surface area (Å²) in [5.74, 6) is 1.26. The van der Waals surface area contributed by atoms with Crippen molar-refractivity contribution in [1.82, 2.24) is 20.1 Å². The molecule has 0 aliphatic heterocycles. The molecule has 0 spiro atoms. The van der Waals surface area contributed by atoms with E-state index < -0.39 is 11.9 Å². The molecule has 154 valence electrons. The third-order valence-corrected chi connectivity index (χ3v) is 5.26. The molecular formula is C19H20ClFN4O3S. The predicted octanol–water partition coefficient (Wildman–Crippen LogP) is 4.23. The van der Waals surface area contributed by atoms with Crippen molar-refractivity contribution in [3.63, 3.8) is 0 Å². The number of furan rings is 1. The molecule has 3 aromatic rings.